The third-order valence-corrected chi connectivity index (χ3v) is 3.24. The topological polar surface area (TPSA) is 49.4 Å². The SMILES string of the molecule is CCC1(C)NC(=O)N(Cc2ccccc2)C1=O. The van der Waals surface area contributed by atoms with Crippen LogP contribution in [-0.2, 0) is 11.3 Å². The molecule has 4 heteroatoms. The second-order valence-electron chi connectivity index (χ2n) is 4.49. The van der Waals surface area contributed by atoms with Crippen LogP contribution in [0.25, 0.3) is 0 Å². The first-order chi connectivity index (χ1) is 8.07. The maximum atomic E-state index is 12.1. The standard InChI is InChI=1S/C13H16N2O2/c1-3-13(2)11(16)15(12(17)14-13)9-10-7-5-4-6-8-10/h4-8H,3,9H2,1-2H3,(H,14,17). The van der Waals surface area contributed by atoms with Gasteiger partial charge in [-0.05, 0) is 18.9 Å². The van der Waals surface area contributed by atoms with E-state index in [9.17, 15) is 9.59 Å². The van der Waals surface area contributed by atoms with Gasteiger partial charge in [0.1, 0.15) is 5.54 Å². The fourth-order valence-electron chi connectivity index (χ4n) is 1.90. The van der Waals surface area contributed by atoms with Crippen molar-refractivity contribution in [2.45, 2.75) is 32.4 Å². The second-order valence-corrected chi connectivity index (χ2v) is 4.49. The number of nitrogens with zero attached hydrogens (tertiary/aromatic N) is 1. The zero-order chi connectivity index (χ0) is 12.5. The summed E-state index contributed by atoms with van der Waals surface area (Å²) in [5.74, 6) is -0.145. The molecule has 0 aliphatic carbocycles. The van der Waals surface area contributed by atoms with Crippen LogP contribution in [0.15, 0.2) is 30.3 Å². The van der Waals surface area contributed by atoms with Crippen LogP contribution in [0, 0.1) is 0 Å². The monoisotopic (exact) mass is 232 g/mol. The molecule has 4 nitrogen and oxygen atoms in total. The maximum absolute atomic E-state index is 12.1. The Morgan fingerprint density at radius 1 is 1.24 bits per heavy atom. The minimum Gasteiger partial charge on any atom is -0.323 e. The number of benzene rings is 1. The smallest absolute Gasteiger partial charge is 0.323 e. The average molecular weight is 232 g/mol. The molecule has 0 spiro atoms. The molecule has 0 radical (unpaired) electrons. The van der Waals surface area contributed by atoms with E-state index in [4.69, 9.17) is 0 Å². The van der Waals surface area contributed by atoms with E-state index in [0.717, 1.165) is 5.56 Å². The molecular formula is C13H16N2O2. The van der Waals surface area contributed by atoms with Crippen molar-refractivity contribution in [1.29, 1.82) is 0 Å². The Labute approximate surface area is 101 Å². The molecule has 1 saturated heterocycles. The van der Waals surface area contributed by atoms with Gasteiger partial charge in [-0.25, -0.2) is 4.79 Å². The van der Waals surface area contributed by atoms with Crippen LogP contribution in [0.1, 0.15) is 25.8 Å². The molecule has 17 heavy (non-hydrogen) atoms. The van der Waals surface area contributed by atoms with E-state index < -0.39 is 5.54 Å². The zero-order valence-corrected chi connectivity index (χ0v) is 10.1. The summed E-state index contributed by atoms with van der Waals surface area (Å²) in [5.41, 5.74) is 0.211. The molecule has 3 amide bonds. The summed E-state index contributed by atoms with van der Waals surface area (Å²) in [5, 5.41) is 2.74. The number of imide groups is 1. The van der Waals surface area contributed by atoms with Crippen LogP contribution in [0.2, 0.25) is 0 Å². The highest BCUT2D eigenvalue weighted by atomic mass is 16.2. The average Bonchev–Trinajstić information content (AvgIpc) is 2.55. The first-order valence-corrected chi connectivity index (χ1v) is 5.75. The van der Waals surface area contributed by atoms with Crippen LogP contribution < -0.4 is 5.32 Å². The van der Waals surface area contributed by atoms with Gasteiger partial charge in [0.15, 0.2) is 0 Å². The van der Waals surface area contributed by atoms with Gasteiger partial charge in [-0.3, -0.25) is 9.69 Å². The fraction of sp³-hybridized carbons (Fsp3) is 0.385. The van der Waals surface area contributed by atoms with E-state index in [1.165, 1.54) is 4.90 Å². The number of hydrogen-bond acceptors (Lipinski definition) is 2. The number of nitrogens with one attached hydrogen (secondary N) is 1. The summed E-state index contributed by atoms with van der Waals surface area (Å²) in [7, 11) is 0. The molecule has 0 bridgehead atoms. The van der Waals surface area contributed by atoms with Crippen LogP contribution in [0.4, 0.5) is 4.79 Å². The largest absolute Gasteiger partial charge is 0.325 e. The Hall–Kier alpha value is -1.84. The Morgan fingerprint density at radius 2 is 1.88 bits per heavy atom. The number of carbonyl (C=O) groups excluding carboxylic acids is 2. The molecule has 1 N–H and O–H groups in total. The summed E-state index contributed by atoms with van der Waals surface area (Å²) in [6.45, 7) is 3.99. The van der Waals surface area contributed by atoms with Crippen molar-refractivity contribution in [2.24, 2.45) is 0 Å². The third-order valence-electron chi connectivity index (χ3n) is 3.24. The van der Waals surface area contributed by atoms with E-state index >= 15 is 0 Å². The van der Waals surface area contributed by atoms with Crippen LogP contribution in [-0.4, -0.2) is 22.4 Å². The van der Waals surface area contributed by atoms with E-state index in [0.29, 0.717) is 13.0 Å². The molecule has 1 unspecified atom stereocenters. The summed E-state index contributed by atoms with van der Waals surface area (Å²) in [6, 6.07) is 9.21. The minimum atomic E-state index is -0.744. The molecule has 2 rings (SSSR count). The third kappa shape index (κ3) is 2.02. The molecule has 0 saturated carbocycles. The molecule has 1 heterocycles. The lowest BCUT2D eigenvalue weighted by molar-refractivity contribution is -0.131. The van der Waals surface area contributed by atoms with Gasteiger partial charge in [-0.15, -0.1) is 0 Å². The van der Waals surface area contributed by atoms with Gasteiger partial charge in [0.25, 0.3) is 5.91 Å². The Balaban J connectivity index is 2.18. The maximum Gasteiger partial charge on any atom is 0.325 e. The fourth-order valence-corrected chi connectivity index (χ4v) is 1.90. The van der Waals surface area contributed by atoms with Gasteiger partial charge < -0.3 is 5.32 Å². The summed E-state index contributed by atoms with van der Waals surface area (Å²) < 4.78 is 0. The summed E-state index contributed by atoms with van der Waals surface area (Å²) in [6.07, 6.45) is 0.600. The highest BCUT2D eigenvalue weighted by Crippen LogP contribution is 2.22. The number of hydrogen-bond donors (Lipinski definition) is 1. The van der Waals surface area contributed by atoms with E-state index in [2.05, 4.69) is 5.32 Å². The highest BCUT2D eigenvalue weighted by molar-refractivity contribution is 6.06. The minimum absolute atomic E-state index is 0.145. The number of rotatable bonds is 3. The molecule has 1 fully saturated rings. The Bertz CT molecular complexity index is 444. The van der Waals surface area contributed by atoms with E-state index in [-0.39, 0.29) is 11.9 Å². The lowest BCUT2D eigenvalue weighted by Gasteiger charge is -2.19. The van der Waals surface area contributed by atoms with Crippen molar-refractivity contribution in [1.82, 2.24) is 10.2 Å². The van der Waals surface area contributed by atoms with Crippen molar-refractivity contribution in [3.05, 3.63) is 35.9 Å². The lowest BCUT2D eigenvalue weighted by atomic mass is 9.99. The molecule has 1 aliphatic rings. The molecule has 1 aliphatic heterocycles. The van der Waals surface area contributed by atoms with Crippen molar-refractivity contribution in [3.8, 4) is 0 Å². The van der Waals surface area contributed by atoms with Crippen molar-refractivity contribution in [2.75, 3.05) is 0 Å². The Kier molecular flexibility index (Phi) is 2.88. The predicted molar refractivity (Wildman–Crippen MR) is 64.2 cm³/mol. The zero-order valence-electron chi connectivity index (χ0n) is 10.1. The van der Waals surface area contributed by atoms with E-state index in [1.54, 1.807) is 6.92 Å². The van der Waals surface area contributed by atoms with Gasteiger partial charge in [0, 0.05) is 0 Å². The normalized spacial score (nSPS) is 24.0. The van der Waals surface area contributed by atoms with Crippen LogP contribution in [0.3, 0.4) is 0 Å². The van der Waals surface area contributed by atoms with E-state index in [1.807, 2.05) is 37.3 Å². The molecule has 1 atom stereocenters. The number of amides is 3. The molecular weight excluding hydrogens is 216 g/mol. The molecule has 0 aromatic heterocycles. The van der Waals surface area contributed by atoms with Crippen molar-refractivity contribution < 1.29 is 9.59 Å². The van der Waals surface area contributed by atoms with Gasteiger partial charge in [0.05, 0.1) is 6.54 Å². The first kappa shape index (κ1) is 11.6. The van der Waals surface area contributed by atoms with Crippen molar-refractivity contribution in [3.63, 3.8) is 0 Å². The van der Waals surface area contributed by atoms with Crippen LogP contribution >= 0.6 is 0 Å². The number of urea groups is 1. The van der Waals surface area contributed by atoms with Crippen LogP contribution in [0.5, 0.6) is 0 Å². The molecule has 90 valence electrons. The lowest BCUT2D eigenvalue weighted by Crippen LogP contribution is -2.43. The summed E-state index contributed by atoms with van der Waals surface area (Å²) in [4.78, 5) is 25.1. The number of carbonyl (C=O) groups is 2. The van der Waals surface area contributed by atoms with Crippen molar-refractivity contribution >= 4 is 11.9 Å². The van der Waals surface area contributed by atoms with Gasteiger partial charge >= 0.3 is 6.03 Å². The van der Waals surface area contributed by atoms with Gasteiger partial charge in [-0.1, -0.05) is 37.3 Å². The summed E-state index contributed by atoms with van der Waals surface area (Å²) >= 11 is 0. The molecule has 1 aromatic carbocycles. The highest BCUT2D eigenvalue weighted by Gasteiger charge is 2.46. The van der Waals surface area contributed by atoms with Gasteiger partial charge in [0.2, 0.25) is 0 Å². The van der Waals surface area contributed by atoms with Gasteiger partial charge in [-0.2, -0.15) is 0 Å². The first-order valence-electron chi connectivity index (χ1n) is 5.75. The quantitative estimate of drug-likeness (QED) is 0.809. The second kappa shape index (κ2) is 4.20. The predicted octanol–water partition coefficient (Wildman–Crippen LogP) is 1.91. The Morgan fingerprint density at radius 3 is 2.41 bits per heavy atom. The molecule has 1 aromatic rings.